The SMILES string of the molecule is CC(C)(C)OC(=O)N1CCC(C(=O)Nc2cccc(OC[C@@H]3CCCO3)c2)CC1. The molecule has 2 saturated heterocycles. The van der Waals surface area contributed by atoms with Gasteiger partial charge in [-0.2, -0.15) is 0 Å². The van der Waals surface area contributed by atoms with E-state index in [1.165, 1.54) is 0 Å². The number of anilines is 1. The van der Waals surface area contributed by atoms with Crippen LogP contribution in [-0.2, 0) is 14.3 Å². The Labute approximate surface area is 172 Å². The molecule has 7 nitrogen and oxygen atoms in total. The summed E-state index contributed by atoms with van der Waals surface area (Å²) < 4.78 is 16.8. The monoisotopic (exact) mass is 404 g/mol. The molecule has 1 aromatic rings. The van der Waals surface area contributed by atoms with Gasteiger partial charge in [0.05, 0.1) is 6.10 Å². The summed E-state index contributed by atoms with van der Waals surface area (Å²) in [5.41, 5.74) is 0.205. The summed E-state index contributed by atoms with van der Waals surface area (Å²) in [7, 11) is 0. The van der Waals surface area contributed by atoms with Crippen LogP contribution in [-0.4, -0.2) is 54.9 Å². The minimum atomic E-state index is -0.512. The highest BCUT2D eigenvalue weighted by molar-refractivity contribution is 5.92. The highest BCUT2D eigenvalue weighted by Gasteiger charge is 2.30. The van der Waals surface area contributed by atoms with Gasteiger partial charge in [-0.3, -0.25) is 4.79 Å². The van der Waals surface area contributed by atoms with Gasteiger partial charge in [-0.25, -0.2) is 4.79 Å². The lowest BCUT2D eigenvalue weighted by Gasteiger charge is -2.32. The van der Waals surface area contributed by atoms with Crippen LogP contribution >= 0.6 is 0 Å². The molecule has 0 radical (unpaired) electrons. The second-order valence-corrected chi connectivity index (χ2v) is 8.70. The maximum atomic E-state index is 12.6. The average molecular weight is 405 g/mol. The fraction of sp³-hybridized carbons (Fsp3) is 0.636. The van der Waals surface area contributed by atoms with Crippen LogP contribution in [0, 0.1) is 5.92 Å². The fourth-order valence-corrected chi connectivity index (χ4v) is 3.52. The molecule has 2 fully saturated rings. The summed E-state index contributed by atoms with van der Waals surface area (Å²) in [6, 6.07) is 7.44. The van der Waals surface area contributed by atoms with Crippen LogP contribution in [0.3, 0.4) is 0 Å². The quantitative estimate of drug-likeness (QED) is 0.807. The van der Waals surface area contributed by atoms with Gasteiger partial charge in [-0.1, -0.05) is 6.07 Å². The number of rotatable bonds is 5. The highest BCUT2D eigenvalue weighted by Crippen LogP contribution is 2.23. The van der Waals surface area contributed by atoms with E-state index in [1.54, 1.807) is 4.90 Å². The summed E-state index contributed by atoms with van der Waals surface area (Å²) in [6.45, 7) is 7.93. The molecule has 0 spiro atoms. The maximum absolute atomic E-state index is 12.6. The zero-order valence-electron chi connectivity index (χ0n) is 17.6. The average Bonchev–Trinajstić information content (AvgIpc) is 3.19. The molecule has 2 heterocycles. The number of benzene rings is 1. The first-order chi connectivity index (χ1) is 13.8. The molecule has 2 aliphatic rings. The van der Waals surface area contributed by atoms with Crippen molar-refractivity contribution in [3.8, 4) is 5.75 Å². The lowest BCUT2D eigenvalue weighted by molar-refractivity contribution is -0.121. The van der Waals surface area contributed by atoms with E-state index in [0.717, 1.165) is 30.9 Å². The molecular weight excluding hydrogens is 372 g/mol. The van der Waals surface area contributed by atoms with Crippen molar-refractivity contribution in [3.63, 3.8) is 0 Å². The van der Waals surface area contributed by atoms with E-state index in [2.05, 4.69) is 5.32 Å². The lowest BCUT2D eigenvalue weighted by atomic mass is 9.96. The topological polar surface area (TPSA) is 77.1 Å². The van der Waals surface area contributed by atoms with Crippen LogP contribution in [0.5, 0.6) is 5.75 Å². The summed E-state index contributed by atoms with van der Waals surface area (Å²) in [5.74, 6) is 0.577. The first-order valence-corrected chi connectivity index (χ1v) is 10.4. The first kappa shape index (κ1) is 21.4. The summed E-state index contributed by atoms with van der Waals surface area (Å²) in [4.78, 5) is 26.5. The van der Waals surface area contributed by atoms with Crippen LogP contribution in [0.2, 0.25) is 0 Å². The third kappa shape index (κ3) is 6.63. The van der Waals surface area contributed by atoms with E-state index in [-0.39, 0.29) is 24.0 Å². The third-order valence-electron chi connectivity index (χ3n) is 5.08. The number of carbonyl (C=O) groups is 2. The minimum Gasteiger partial charge on any atom is -0.491 e. The number of piperidine rings is 1. The zero-order chi connectivity index (χ0) is 20.9. The Morgan fingerprint density at radius 3 is 2.62 bits per heavy atom. The number of hydrogen-bond acceptors (Lipinski definition) is 5. The normalized spacial score (nSPS) is 20.4. The number of nitrogens with one attached hydrogen (secondary N) is 1. The Balaban J connectivity index is 1.46. The van der Waals surface area contributed by atoms with Crippen molar-refractivity contribution >= 4 is 17.7 Å². The molecule has 1 N–H and O–H groups in total. The van der Waals surface area contributed by atoms with Gasteiger partial charge in [0, 0.05) is 37.4 Å². The van der Waals surface area contributed by atoms with Gasteiger partial charge in [0.15, 0.2) is 0 Å². The molecule has 0 unspecified atom stereocenters. The summed E-state index contributed by atoms with van der Waals surface area (Å²) in [5, 5.41) is 2.98. The number of carbonyl (C=O) groups excluding carboxylic acids is 2. The largest absolute Gasteiger partial charge is 0.491 e. The standard InChI is InChI=1S/C22H32N2O5/c1-22(2,3)29-21(26)24-11-9-16(10-12-24)20(25)23-17-6-4-7-18(14-17)28-15-19-8-5-13-27-19/h4,6-7,14,16,19H,5,8-13,15H2,1-3H3,(H,23,25)/t19-/m0/s1. The van der Waals surface area contributed by atoms with Gasteiger partial charge in [-0.05, 0) is 58.6 Å². The van der Waals surface area contributed by atoms with Gasteiger partial charge in [0.2, 0.25) is 5.91 Å². The van der Waals surface area contributed by atoms with Crippen molar-refractivity contribution < 1.29 is 23.8 Å². The number of nitrogens with zero attached hydrogens (tertiary/aromatic N) is 1. The Kier molecular flexibility index (Phi) is 7.00. The Bertz CT molecular complexity index is 701. The van der Waals surface area contributed by atoms with Crippen LogP contribution in [0.15, 0.2) is 24.3 Å². The molecule has 1 atom stereocenters. The van der Waals surface area contributed by atoms with E-state index in [9.17, 15) is 9.59 Å². The van der Waals surface area contributed by atoms with Crippen molar-refractivity contribution in [1.29, 1.82) is 0 Å². The molecule has 1 aromatic carbocycles. The molecular formula is C22H32N2O5. The zero-order valence-corrected chi connectivity index (χ0v) is 17.6. The van der Waals surface area contributed by atoms with E-state index in [0.29, 0.717) is 32.5 Å². The van der Waals surface area contributed by atoms with Gasteiger partial charge in [-0.15, -0.1) is 0 Å². The lowest BCUT2D eigenvalue weighted by Crippen LogP contribution is -2.43. The minimum absolute atomic E-state index is 0.0230. The smallest absolute Gasteiger partial charge is 0.410 e. The van der Waals surface area contributed by atoms with Crippen LogP contribution in [0.4, 0.5) is 10.5 Å². The molecule has 160 valence electrons. The first-order valence-electron chi connectivity index (χ1n) is 10.4. The summed E-state index contributed by atoms with van der Waals surface area (Å²) >= 11 is 0. The van der Waals surface area contributed by atoms with Crippen molar-refractivity contribution in [2.24, 2.45) is 5.92 Å². The molecule has 29 heavy (non-hydrogen) atoms. The van der Waals surface area contributed by atoms with Gasteiger partial charge < -0.3 is 24.4 Å². The third-order valence-corrected chi connectivity index (χ3v) is 5.08. The van der Waals surface area contributed by atoms with Crippen molar-refractivity contribution in [1.82, 2.24) is 4.90 Å². The van der Waals surface area contributed by atoms with E-state index in [4.69, 9.17) is 14.2 Å². The van der Waals surface area contributed by atoms with Crippen molar-refractivity contribution in [3.05, 3.63) is 24.3 Å². The van der Waals surface area contributed by atoms with E-state index in [1.807, 2.05) is 45.0 Å². The van der Waals surface area contributed by atoms with Gasteiger partial charge in [0.25, 0.3) is 0 Å². The van der Waals surface area contributed by atoms with Crippen LogP contribution in [0.25, 0.3) is 0 Å². The Morgan fingerprint density at radius 1 is 1.21 bits per heavy atom. The number of ether oxygens (including phenoxy) is 3. The predicted octanol–water partition coefficient (Wildman–Crippen LogP) is 3.83. The Hall–Kier alpha value is -2.28. The molecule has 0 saturated carbocycles. The molecule has 3 rings (SSSR count). The van der Waals surface area contributed by atoms with Crippen LogP contribution in [0.1, 0.15) is 46.5 Å². The molecule has 7 heteroatoms. The van der Waals surface area contributed by atoms with Crippen LogP contribution < -0.4 is 10.1 Å². The molecule has 0 aliphatic carbocycles. The van der Waals surface area contributed by atoms with E-state index < -0.39 is 5.60 Å². The Morgan fingerprint density at radius 2 is 1.97 bits per heavy atom. The predicted molar refractivity (Wildman–Crippen MR) is 110 cm³/mol. The molecule has 0 aromatic heterocycles. The molecule has 2 amide bonds. The van der Waals surface area contributed by atoms with Gasteiger partial charge >= 0.3 is 6.09 Å². The highest BCUT2D eigenvalue weighted by atomic mass is 16.6. The fourth-order valence-electron chi connectivity index (χ4n) is 3.52. The second-order valence-electron chi connectivity index (χ2n) is 8.70. The van der Waals surface area contributed by atoms with Crippen molar-refractivity contribution in [2.45, 2.75) is 58.2 Å². The molecule has 2 aliphatic heterocycles. The number of likely N-dealkylation sites (tertiary alicyclic amines) is 1. The number of amides is 2. The van der Waals surface area contributed by atoms with Gasteiger partial charge in [0.1, 0.15) is 18.0 Å². The van der Waals surface area contributed by atoms with Crippen molar-refractivity contribution in [2.75, 3.05) is 31.6 Å². The maximum Gasteiger partial charge on any atom is 0.410 e. The van der Waals surface area contributed by atoms with E-state index >= 15 is 0 Å². The second kappa shape index (κ2) is 9.48. The molecule has 0 bridgehead atoms. The summed E-state index contributed by atoms with van der Waals surface area (Å²) in [6.07, 6.45) is 3.20. The number of hydrogen-bond donors (Lipinski definition) is 1.